The van der Waals surface area contributed by atoms with Crippen LogP contribution < -0.4 is 0 Å². The summed E-state index contributed by atoms with van der Waals surface area (Å²) in [5, 5.41) is 95.4. The molecular formula is C97H124Ir4N10O8. The summed E-state index contributed by atoms with van der Waals surface area (Å²) < 4.78 is 0. The minimum Gasteiger partial charge on any atom is -0.393 e. The Hall–Kier alpha value is -7.62. The molecule has 0 aliphatic carbocycles. The van der Waals surface area contributed by atoms with Crippen LogP contribution in [0.5, 0.6) is 0 Å². The second-order valence-corrected chi connectivity index (χ2v) is 34.3. The first-order valence-corrected chi connectivity index (χ1v) is 39.3. The molecule has 0 fully saturated rings. The van der Waals surface area contributed by atoms with Gasteiger partial charge in [-0.3, -0.25) is 19.9 Å². The molecule has 0 aliphatic heterocycles. The average molecular weight is 2330 g/mol. The first-order valence-electron chi connectivity index (χ1n) is 39.3. The Balaban J connectivity index is 0.000000692. The van der Waals surface area contributed by atoms with Crippen LogP contribution in [0.2, 0.25) is 0 Å². The standard InChI is InChI=1S/2C17H13N3.C16H14N2.C15H12N2.2C11H24O2.2C5H12O2.4Ir/c1-11-7-12(2)17(19-10-11)16-6-4-14-8-13(9-18)3-5-15(14)20-16;1-11-3-4-12(2)19-17(11)16-8-6-14-9-13(10-18)5-7-15(14)20-16;1-11-6-8-14-13(10-11)7-9-16(18-14)15-5-3-4-12(2)17-15;1-11-5-7-13-12(10-11)6-8-15(17-13)14-4-2-3-9-16-14;2*1-10(2,3)8(12)7-9(13)11(4,5)6;2*1-4(6)3-5(2)7;;;;/h3-8,10H,1-2H3;3-9H,1-2H3;3-10H,1-2H3;2-10H,1H3;2*8-9,12-13H,7H2,1-6H3;2*4-7H,3H2,1-2H3;;;;. The van der Waals surface area contributed by atoms with Crippen LogP contribution in [0.25, 0.3) is 89.2 Å². The summed E-state index contributed by atoms with van der Waals surface area (Å²) in [6.07, 6.45) is 2.22. The van der Waals surface area contributed by atoms with Gasteiger partial charge in [-0.15, -0.1) is 0 Å². The van der Waals surface area contributed by atoms with Gasteiger partial charge in [0, 0.05) is 139 Å². The fraction of sp³-hybridized carbons (Fsp3) is 0.402. The normalized spacial score (nSPS) is 12.9. The van der Waals surface area contributed by atoms with E-state index < -0.39 is 24.4 Å². The van der Waals surface area contributed by atoms with Gasteiger partial charge in [0.1, 0.15) is 0 Å². The molecule has 8 aromatic heterocycles. The maximum atomic E-state index is 9.76. The number of aliphatic hydroxyl groups excluding tert-OH is 8. The predicted octanol–water partition coefficient (Wildman–Crippen LogP) is 19.7. The van der Waals surface area contributed by atoms with Crippen LogP contribution in [0.4, 0.5) is 0 Å². The predicted molar refractivity (Wildman–Crippen MR) is 470 cm³/mol. The SMILES string of the molecule is CC(C)(C)C(O)CC(O)C(C)(C)C.CC(C)(C)C(O)CC(O)C(C)(C)C.CC(O)CC(C)O.CC(O)CC(C)O.Cc1ccc(C)c(-c2ccc3cc(C#N)ccc3n2)n1.Cc1ccc2nc(-c3cccc(C)n3)ccc2c1.Cc1ccc2nc(-c3ccccn3)ccc2c1.Cc1cnc(-c2ccc3cc(C#N)ccc3n2)c(C)c1.[Ir].[Ir].[Ir].[Ir]. The molecule has 12 rings (SSSR count). The topological polar surface area (TPSA) is 313 Å². The molecule has 8 unspecified atom stereocenters. The molecule has 0 aliphatic rings. The van der Waals surface area contributed by atoms with Crippen LogP contribution in [0.1, 0.15) is 187 Å². The minimum atomic E-state index is -0.443. The molecule has 0 spiro atoms. The summed E-state index contributed by atoms with van der Waals surface area (Å²) in [5.41, 5.74) is 19.6. The average Bonchev–Trinajstić information content (AvgIpc) is 0.811. The van der Waals surface area contributed by atoms with E-state index in [1.165, 1.54) is 21.9 Å². The van der Waals surface area contributed by atoms with Crippen molar-refractivity contribution in [3.63, 3.8) is 0 Å². The Morgan fingerprint density at radius 3 is 1.00 bits per heavy atom. The monoisotopic (exact) mass is 2330 g/mol. The van der Waals surface area contributed by atoms with Crippen molar-refractivity contribution in [1.82, 2.24) is 39.9 Å². The third kappa shape index (κ3) is 38.1. The third-order valence-electron chi connectivity index (χ3n) is 18.6. The van der Waals surface area contributed by atoms with Gasteiger partial charge in [-0.2, -0.15) is 10.5 Å². The molecule has 4 radical (unpaired) electrons. The quantitative estimate of drug-likeness (QED) is 0.0563. The Morgan fingerprint density at radius 2 is 0.647 bits per heavy atom. The van der Waals surface area contributed by atoms with E-state index in [1.807, 2.05) is 227 Å². The molecule has 119 heavy (non-hydrogen) atoms. The van der Waals surface area contributed by atoms with Gasteiger partial charge in [-0.25, -0.2) is 19.9 Å². The second kappa shape index (κ2) is 51.3. The van der Waals surface area contributed by atoms with Gasteiger partial charge in [-0.1, -0.05) is 155 Å². The fourth-order valence-electron chi connectivity index (χ4n) is 11.3. The summed E-state index contributed by atoms with van der Waals surface area (Å²) in [7, 11) is 0. The number of pyridine rings is 8. The first-order chi connectivity index (χ1) is 53.7. The van der Waals surface area contributed by atoms with Crippen molar-refractivity contribution in [3.05, 3.63) is 239 Å². The summed E-state index contributed by atoms with van der Waals surface area (Å²) in [6.45, 7) is 44.6. The van der Waals surface area contributed by atoms with Gasteiger partial charge in [0.2, 0.25) is 0 Å². The van der Waals surface area contributed by atoms with Crippen molar-refractivity contribution in [3.8, 4) is 57.7 Å². The molecule has 8 N–H and O–H groups in total. The molecule has 12 aromatic rings. The molecule has 4 aromatic carbocycles. The van der Waals surface area contributed by atoms with Crippen molar-refractivity contribution in [2.24, 2.45) is 21.7 Å². The number of nitriles is 2. The van der Waals surface area contributed by atoms with Crippen LogP contribution in [0.15, 0.2) is 188 Å². The van der Waals surface area contributed by atoms with Gasteiger partial charge in [0.15, 0.2) is 0 Å². The molecule has 0 bridgehead atoms. The van der Waals surface area contributed by atoms with Crippen LogP contribution in [0, 0.1) is 92.8 Å². The van der Waals surface area contributed by atoms with Crippen LogP contribution in [-0.4, -0.2) is 130 Å². The molecule has 0 saturated carbocycles. The maximum Gasteiger partial charge on any atom is 0.0991 e. The van der Waals surface area contributed by atoms with Crippen molar-refractivity contribution in [2.75, 3.05) is 0 Å². The van der Waals surface area contributed by atoms with Crippen molar-refractivity contribution in [2.45, 2.75) is 234 Å². The van der Waals surface area contributed by atoms with Crippen LogP contribution in [-0.2, 0) is 80.4 Å². The second-order valence-electron chi connectivity index (χ2n) is 34.3. The number of hydrogen-bond donors (Lipinski definition) is 8. The number of hydrogen-bond acceptors (Lipinski definition) is 18. The van der Waals surface area contributed by atoms with Crippen LogP contribution >= 0.6 is 0 Å². The maximum absolute atomic E-state index is 9.76. The zero-order chi connectivity index (χ0) is 85.9. The van der Waals surface area contributed by atoms with Crippen molar-refractivity contribution in [1.29, 1.82) is 10.5 Å². The van der Waals surface area contributed by atoms with E-state index in [9.17, 15) is 20.4 Å². The number of aliphatic hydroxyl groups is 8. The van der Waals surface area contributed by atoms with Gasteiger partial charge < -0.3 is 40.9 Å². The van der Waals surface area contributed by atoms with E-state index >= 15 is 0 Å². The van der Waals surface area contributed by atoms with Gasteiger partial charge in [-0.05, 0) is 243 Å². The molecule has 0 amide bonds. The molecule has 18 nitrogen and oxygen atoms in total. The number of nitrogens with zero attached hydrogens (tertiary/aromatic N) is 10. The number of aromatic nitrogens is 8. The Labute approximate surface area is 760 Å². The molecule has 0 saturated heterocycles. The summed E-state index contributed by atoms with van der Waals surface area (Å²) in [6, 6.07) is 62.0. The number of aryl methyl sites for hydroxylation is 7. The van der Waals surface area contributed by atoms with E-state index in [0.717, 1.165) is 106 Å². The van der Waals surface area contributed by atoms with Gasteiger partial charge >= 0.3 is 0 Å². The first kappa shape index (κ1) is 109. The van der Waals surface area contributed by atoms with E-state index in [0.29, 0.717) is 36.8 Å². The minimum absolute atomic E-state index is 0. The largest absolute Gasteiger partial charge is 0.393 e. The molecular weight excluding hydrogens is 2200 g/mol. The molecule has 646 valence electrons. The fourth-order valence-corrected chi connectivity index (χ4v) is 11.3. The Kier molecular flexibility index (Phi) is 47.2. The van der Waals surface area contributed by atoms with E-state index in [4.69, 9.17) is 30.9 Å². The number of rotatable bonds is 12. The number of fused-ring (bicyclic) bond motifs is 4. The van der Waals surface area contributed by atoms with Crippen molar-refractivity contribution < 1.29 is 121 Å². The van der Waals surface area contributed by atoms with Gasteiger partial charge in [0.25, 0.3) is 0 Å². The Bertz CT molecular complexity index is 5070. The van der Waals surface area contributed by atoms with Gasteiger partial charge in [0.05, 0.1) is 140 Å². The third-order valence-corrected chi connectivity index (χ3v) is 18.6. The zero-order valence-corrected chi connectivity index (χ0v) is 82.8. The summed E-state index contributed by atoms with van der Waals surface area (Å²) >= 11 is 0. The molecule has 8 heterocycles. The van der Waals surface area contributed by atoms with E-state index in [-0.39, 0.29) is 126 Å². The summed E-state index contributed by atoms with van der Waals surface area (Å²) in [5.74, 6) is 0. The Morgan fingerprint density at radius 1 is 0.303 bits per heavy atom. The zero-order valence-electron chi connectivity index (χ0n) is 73.2. The van der Waals surface area contributed by atoms with Crippen LogP contribution in [0.3, 0.4) is 0 Å². The van der Waals surface area contributed by atoms with E-state index in [2.05, 4.69) is 127 Å². The molecule has 22 heteroatoms. The number of benzene rings is 4. The smallest absolute Gasteiger partial charge is 0.0991 e. The van der Waals surface area contributed by atoms with Crippen molar-refractivity contribution >= 4 is 43.6 Å². The molecule has 8 atom stereocenters. The van der Waals surface area contributed by atoms with E-state index in [1.54, 1.807) is 46.0 Å². The summed E-state index contributed by atoms with van der Waals surface area (Å²) in [4.78, 5) is 36.4.